The van der Waals surface area contributed by atoms with Crippen molar-refractivity contribution in [3.8, 4) is 5.75 Å². The summed E-state index contributed by atoms with van der Waals surface area (Å²) in [6.45, 7) is 3.60. The number of hydrogen-bond donors (Lipinski definition) is 1. The quantitative estimate of drug-likeness (QED) is 0.691. The summed E-state index contributed by atoms with van der Waals surface area (Å²) < 4.78 is 12.9. The Morgan fingerprint density at radius 2 is 2.18 bits per heavy atom. The van der Waals surface area contributed by atoms with E-state index in [1.165, 1.54) is 6.07 Å². The van der Waals surface area contributed by atoms with Crippen LogP contribution in [-0.2, 0) is 6.42 Å². The van der Waals surface area contributed by atoms with Gasteiger partial charge in [-0.2, -0.15) is 0 Å². The van der Waals surface area contributed by atoms with Gasteiger partial charge >= 0.3 is 0 Å². The van der Waals surface area contributed by atoms with Crippen molar-refractivity contribution in [1.29, 1.82) is 0 Å². The largest absolute Gasteiger partial charge is 0.505 e. The fourth-order valence-electron chi connectivity index (χ4n) is 0.950. The number of phenols is 1. The monoisotopic (exact) mass is 153 g/mol. The van der Waals surface area contributed by atoms with Gasteiger partial charge in [-0.1, -0.05) is 19.1 Å². The zero-order chi connectivity index (χ0) is 8.27. The topological polar surface area (TPSA) is 20.2 Å². The van der Waals surface area contributed by atoms with E-state index in [4.69, 9.17) is 5.11 Å². The number of rotatable bonds is 2. The van der Waals surface area contributed by atoms with Crippen molar-refractivity contribution in [3.63, 3.8) is 0 Å². The van der Waals surface area contributed by atoms with Crippen LogP contribution in [0.15, 0.2) is 18.2 Å². The van der Waals surface area contributed by atoms with E-state index < -0.39 is 5.82 Å². The van der Waals surface area contributed by atoms with Crippen molar-refractivity contribution in [1.82, 2.24) is 0 Å². The molecular weight excluding hydrogens is 143 g/mol. The molecule has 1 rings (SSSR count). The van der Waals surface area contributed by atoms with Gasteiger partial charge in [0.1, 0.15) is 0 Å². The van der Waals surface area contributed by atoms with Crippen LogP contribution < -0.4 is 0 Å². The minimum atomic E-state index is -0.517. The first-order valence-corrected chi connectivity index (χ1v) is 3.51. The predicted octanol–water partition coefficient (Wildman–Crippen LogP) is 2.30. The Balaban J connectivity index is 2.96. The first-order valence-electron chi connectivity index (χ1n) is 3.51. The van der Waals surface area contributed by atoms with Crippen LogP contribution in [0, 0.1) is 12.7 Å². The van der Waals surface area contributed by atoms with Crippen molar-refractivity contribution < 1.29 is 9.50 Å². The van der Waals surface area contributed by atoms with Crippen LogP contribution >= 0.6 is 0 Å². The van der Waals surface area contributed by atoms with Crippen molar-refractivity contribution in [3.05, 3.63) is 36.5 Å². The number of hydrogen-bond acceptors (Lipinski definition) is 1. The molecule has 11 heavy (non-hydrogen) atoms. The molecule has 0 amide bonds. The summed E-state index contributed by atoms with van der Waals surface area (Å²) in [6.07, 6.45) is 1.21. The van der Waals surface area contributed by atoms with Gasteiger partial charge in [0.2, 0.25) is 0 Å². The maximum Gasteiger partial charge on any atom is 0.167 e. The highest BCUT2D eigenvalue weighted by Crippen LogP contribution is 2.19. The lowest BCUT2D eigenvalue weighted by atomic mass is 10.1. The molecular formula is C9H10FO. The molecule has 0 heterocycles. The van der Waals surface area contributed by atoms with E-state index in [-0.39, 0.29) is 5.75 Å². The van der Waals surface area contributed by atoms with Gasteiger partial charge in [0.25, 0.3) is 0 Å². The molecule has 0 saturated carbocycles. The molecule has 0 aliphatic heterocycles. The van der Waals surface area contributed by atoms with E-state index in [1.807, 2.05) is 0 Å². The standard InChI is InChI=1S/C9H10FO/c1-2-4-7-5-3-6-8(11)9(7)10/h3,5-6,11H,1-2,4H2. The Kier molecular flexibility index (Phi) is 2.47. The molecule has 0 unspecified atom stereocenters. The minimum Gasteiger partial charge on any atom is -0.505 e. The van der Waals surface area contributed by atoms with Crippen LogP contribution in [0.4, 0.5) is 4.39 Å². The molecule has 2 heteroatoms. The summed E-state index contributed by atoms with van der Waals surface area (Å²) in [5, 5.41) is 8.93. The fraction of sp³-hybridized carbons (Fsp3) is 0.222. The van der Waals surface area contributed by atoms with Gasteiger partial charge in [0.15, 0.2) is 11.6 Å². The molecule has 1 N–H and O–H groups in total. The number of benzene rings is 1. The Hall–Kier alpha value is -1.05. The van der Waals surface area contributed by atoms with Crippen molar-refractivity contribution in [2.75, 3.05) is 0 Å². The highest BCUT2D eigenvalue weighted by molar-refractivity contribution is 5.29. The maximum absolute atomic E-state index is 12.9. The lowest BCUT2D eigenvalue weighted by molar-refractivity contribution is 0.428. The Bertz CT molecular complexity index is 245. The third kappa shape index (κ3) is 1.70. The first-order chi connectivity index (χ1) is 5.25. The van der Waals surface area contributed by atoms with Gasteiger partial charge in [-0.3, -0.25) is 0 Å². The van der Waals surface area contributed by atoms with Crippen LogP contribution in [0.25, 0.3) is 0 Å². The van der Waals surface area contributed by atoms with Crippen LogP contribution in [-0.4, -0.2) is 5.11 Å². The molecule has 0 saturated heterocycles. The first kappa shape index (κ1) is 8.05. The van der Waals surface area contributed by atoms with E-state index in [2.05, 4.69) is 6.92 Å². The second kappa shape index (κ2) is 3.37. The third-order valence-electron chi connectivity index (χ3n) is 1.50. The Morgan fingerprint density at radius 1 is 1.45 bits per heavy atom. The van der Waals surface area contributed by atoms with E-state index in [0.29, 0.717) is 18.4 Å². The lowest BCUT2D eigenvalue weighted by Gasteiger charge is -2.01. The summed E-state index contributed by atoms with van der Waals surface area (Å²) in [5.74, 6) is -0.799. The summed E-state index contributed by atoms with van der Waals surface area (Å²) >= 11 is 0. The molecule has 59 valence electrons. The molecule has 1 radical (unpaired) electrons. The minimum absolute atomic E-state index is 0.282. The highest BCUT2D eigenvalue weighted by Gasteiger charge is 2.04. The van der Waals surface area contributed by atoms with Crippen LogP contribution in [0.1, 0.15) is 12.0 Å². The van der Waals surface area contributed by atoms with Gasteiger partial charge in [-0.25, -0.2) is 4.39 Å². The summed E-state index contributed by atoms with van der Waals surface area (Å²) in [4.78, 5) is 0. The van der Waals surface area contributed by atoms with Crippen LogP contribution in [0.5, 0.6) is 5.75 Å². The average Bonchev–Trinajstić information content (AvgIpc) is 1.99. The van der Waals surface area contributed by atoms with Gasteiger partial charge < -0.3 is 5.11 Å². The molecule has 0 fully saturated rings. The van der Waals surface area contributed by atoms with Crippen molar-refractivity contribution in [2.45, 2.75) is 12.8 Å². The van der Waals surface area contributed by atoms with Gasteiger partial charge in [-0.05, 0) is 24.5 Å². The van der Waals surface area contributed by atoms with E-state index in [1.54, 1.807) is 12.1 Å². The molecule has 0 aromatic heterocycles. The van der Waals surface area contributed by atoms with E-state index in [9.17, 15) is 4.39 Å². The Labute approximate surface area is 65.5 Å². The van der Waals surface area contributed by atoms with E-state index >= 15 is 0 Å². The van der Waals surface area contributed by atoms with Crippen molar-refractivity contribution >= 4 is 0 Å². The lowest BCUT2D eigenvalue weighted by Crippen LogP contribution is -1.88. The summed E-state index contributed by atoms with van der Waals surface area (Å²) in [5.41, 5.74) is 0.528. The van der Waals surface area contributed by atoms with Crippen LogP contribution in [0.3, 0.4) is 0 Å². The number of halogens is 1. The molecule has 1 nitrogen and oxygen atoms in total. The molecule has 0 spiro atoms. The van der Waals surface area contributed by atoms with Gasteiger partial charge in [0, 0.05) is 0 Å². The van der Waals surface area contributed by atoms with E-state index in [0.717, 1.165) is 0 Å². The molecule has 1 aromatic carbocycles. The molecule has 1 aromatic rings. The zero-order valence-corrected chi connectivity index (χ0v) is 6.18. The van der Waals surface area contributed by atoms with Crippen LogP contribution in [0.2, 0.25) is 0 Å². The summed E-state index contributed by atoms with van der Waals surface area (Å²) in [6, 6.07) is 4.62. The third-order valence-corrected chi connectivity index (χ3v) is 1.50. The number of aryl methyl sites for hydroxylation is 1. The molecule has 0 atom stereocenters. The molecule has 0 aliphatic carbocycles. The SMILES string of the molecule is [CH2]CCc1cccc(O)c1F. The van der Waals surface area contributed by atoms with Crippen molar-refractivity contribution in [2.24, 2.45) is 0 Å². The zero-order valence-electron chi connectivity index (χ0n) is 6.18. The average molecular weight is 153 g/mol. The van der Waals surface area contributed by atoms with Gasteiger partial charge in [0.05, 0.1) is 0 Å². The molecule has 0 aliphatic rings. The smallest absolute Gasteiger partial charge is 0.167 e. The second-order valence-corrected chi connectivity index (χ2v) is 2.35. The predicted molar refractivity (Wildman–Crippen MR) is 41.7 cm³/mol. The normalized spacial score (nSPS) is 10.0. The van der Waals surface area contributed by atoms with Gasteiger partial charge in [-0.15, -0.1) is 0 Å². The fourth-order valence-corrected chi connectivity index (χ4v) is 0.950. The number of phenolic OH excluding ortho intramolecular Hbond substituents is 1. The maximum atomic E-state index is 12.9. The molecule has 0 bridgehead atoms. The Morgan fingerprint density at radius 3 is 2.82 bits per heavy atom. The highest BCUT2D eigenvalue weighted by atomic mass is 19.1. The number of aromatic hydroxyl groups is 1. The second-order valence-electron chi connectivity index (χ2n) is 2.35. The summed E-state index contributed by atoms with van der Waals surface area (Å²) in [7, 11) is 0.